The molecule has 1 aliphatic rings. The zero-order valence-electron chi connectivity index (χ0n) is 13.8. The predicted octanol–water partition coefficient (Wildman–Crippen LogP) is 3.87. The highest BCUT2D eigenvalue weighted by molar-refractivity contribution is 6.09. The number of rotatable bonds is 4. The van der Waals surface area contributed by atoms with Crippen molar-refractivity contribution in [2.24, 2.45) is 0 Å². The van der Waals surface area contributed by atoms with Gasteiger partial charge in [0.05, 0.1) is 17.3 Å². The van der Waals surface area contributed by atoms with Crippen molar-refractivity contribution in [3.05, 3.63) is 65.0 Å². The van der Waals surface area contributed by atoms with Gasteiger partial charge in [0.1, 0.15) is 5.82 Å². The number of anilines is 1. The average molecular weight is 350 g/mol. The number of carbonyl (C=O) groups is 2. The van der Waals surface area contributed by atoms with E-state index < -0.39 is 17.7 Å². The Kier molecular flexibility index (Phi) is 4.81. The smallest absolute Gasteiger partial charge is 0.332 e. The number of carbonyl (C=O) groups excluding carboxylic acids is 1. The molecule has 2 aromatic carbocycles. The minimum Gasteiger partial charge on any atom is -0.478 e. The topological polar surface area (TPSA) is 90.2 Å². The van der Waals surface area contributed by atoms with E-state index in [0.717, 1.165) is 0 Å². The number of carboxylic acids is 1. The lowest BCUT2D eigenvalue weighted by Crippen LogP contribution is -2.17. The molecule has 6 heteroatoms. The van der Waals surface area contributed by atoms with Crippen LogP contribution in [0.15, 0.2) is 53.6 Å². The lowest BCUT2D eigenvalue weighted by Gasteiger charge is -2.10. The van der Waals surface area contributed by atoms with Gasteiger partial charge in [0.2, 0.25) is 0 Å². The number of halogens is 1. The number of nitriles is 1. The van der Waals surface area contributed by atoms with Gasteiger partial charge in [0, 0.05) is 11.1 Å². The molecule has 130 valence electrons. The van der Waals surface area contributed by atoms with Crippen molar-refractivity contribution >= 4 is 17.6 Å². The normalized spacial score (nSPS) is 13.4. The minimum atomic E-state index is -1.11. The standard InChI is InChI=1S/C20H15FN2O3/c21-17-10-14(13-4-1-3-12(9-13)11-22)7-8-18(17)23-19(24)15-5-2-6-16(15)20(25)26/h1,3-4,7-10H,2,5-6H2,(H,23,24)(H,25,26). The summed E-state index contributed by atoms with van der Waals surface area (Å²) in [5.74, 6) is -2.33. The minimum absolute atomic E-state index is 0.0145. The number of hydrogen-bond acceptors (Lipinski definition) is 3. The van der Waals surface area contributed by atoms with Gasteiger partial charge >= 0.3 is 5.97 Å². The number of nitrogens with zero attached hydrogens (tertiary/aromatic N) is 1. The summed E-state index contributed by atoms with van der Waals surface area (Å²) in [5, 5.41) is 20.5. The van der Waals surface area contributed by atoms with E-state index in [4.69, 9.17) is 10.4 Å². The molecule has 0 radical (unpaired) electrons. The van der Waals surface area contributed by atoms with Gasteiger partial charge in [0.25, 0.3) is 5.91 Å². The van der Waals surface area contributed by atoms with Crippen LogP contribution in [0.4, 0.5) is 10.1 Å². The molecule has 26 heavy (non-hydrogen) atoms. The molecular weight excluding hydrogens is 335 g/mol. The first-order valence-electron chi connectivity index (χ1n) is 8.06. The second-order valence-electron chi connectivity index (χ2n) is 5.96. The summed E-state index contributed by atoms with van der Waals surface area (Å²) in [4.78, 5) is 23.4. The van der Waals surface area contributed by atoms with E-state index in [1.54, 1.807) is 30.3 Å². The Morgan fingerprint density at radius 1 is 1.08 bits per heavy atom. The fourth-order valence-electron chi connectivity index (χ4n) is 2.99. The van der Waals surface area contributed by atoms with Crippen molar-refractivity contribution < 1.29 is 19.1 Å². The molecular formula is C20H15FN2O3. The molecule has 0 fully saturated rings. The summed E-state index contributed by atoms with van der Waals surface area (Å²) in [6, 6.07) is 13.1. The zero-order chi connectivity index (χ0) is 18.7. The molecule has 1 aliphatic carbocycles. The van der Waals surface area contributed by atoms with Crippen molar-refractivity contribution in [2.75, 3.05) is 5.32 Å². The van der Waals surface area contributed by atoms with Gasteiger partial charge in [-0.05, 0) is 54.7 Å². The lowest BCUT2D eigenvalue weighted by molar-refractivity contribution is -0.133. The van der Waals surface area contributed by atoms with Gasteiger partial charge in [-0.2, -0.15) is 5.26 Å². The van der Waals surface area contributed by atoms with Gasteiger partial charge in [-0.3, -0.25) is 4.79 Å². The average Bonchev–Trinajstić information content (AvgIpc) is 3.13. The molecule has 5 nitrogen and oxygen atoms in total. The first-order chi connectivity index (χ1) is 12.5. The second-order valence-corrected chi connectivity index (χ2v) is 5.96. The van der Waals surface area contributed by atoms with Crippen LogP contribution in [0.25, 0.3) is 11.1 Å². The summed E-state index contributed by atoms with van der Waals surface area (Å²) in [5.41, 5.74) is 2.00. The van der Waals surface area contributed by atoms with Gasteiger partial charge in [-0.15, -0.1) is 0 Å². The molecule has 0 spiro atoms. The van der Waals surface area contributed by atoms with E-state index in [1.807, 2.05) is 6.07 Å². The highest BCUT2D eigenvalue weighted by Gasteiger charge is 2.25. The Morgan fingerprint density at radius 2 is 1.81 bits per heavy atom. The lowest BCUT2D eigenvalue weighted by atomic mass is 10.0. The van der Waals surface area contributed by atoms with Crippen molar-refractivity contribution in [1.29, 1.82) is 5.26 Å². The first kappa shape index (κ1) is 17.4. The van der Waals surface area contributed by atoms with Crippen LogP contribution in [0.1, 0.15) is 24.8 Å². The van der Waals surface area contributed by atoms with Gasteiger partial charge in [-0.25, -0.2) is 9.18 Å². The van der Waals surface area contributed by atoms with Crippen molar-refractivity contribution in [2.45, 2.75) is 19.3 Å². The van der Waals surface area contributed by atoms with Crippen LogP contribution in [0.2, 0.25) is 0 Å². The van der Waals surface area contributed by atoms with E-state index in [9.17, 15) is 14.0 Å². The fraction of sp³-hybridized carbons (Fsp3) is 0.150. The van der Waals surface area contributed by atoms with Crippen LogP contribution in [0.3, 0.4) is 0 Å². The number of nitrogens with one attached hydrogen (secondary N) is 1. The number of benzene rings is 2. The molecule has 0 saturated carbocycles. The van der Waals surface area contributed by atoms with E-state index in [2.05, 4.69) is 5.32 Å². The number of amides is 1. The van der Waals surface area contributed by atoms with Crippen molar-refractivity contribution in [1.82, 2.24) is 0 Å². The summed E-state index contributed by atoms with van der Waals surface area (Å²) in [7, 11) is 0. The Hall–Kier alpha value is -3.46. The molecule has 2 aromatic rings. The molecule has 0 bridgehead atoms. The Balaban J connectivity index is 1.84. The molecule has 0 unspecified atom stereocenters. The van der Waals surface area contributed by atoms with Crippen LogP contribution in [0, 0.1) is 17.1 Å². The van der Waals surface area contributed by atoms with Crippen molar-refractivity contribution in [3.63, 3.8) is 0 Å². The molecule has 0 saturated heterocycles. The largest absolute Gasteiger partial charge is 0.478 e. The zero-order valence-corrected chi connectivity index (χ0v) is 13.8. The number of aliphatic carboxylic acids is 1. The maximum atomic E-state index is 14.4. The summed E-state index contributed by atoms with van der Waals surface area (Å²) < 4.78 is 14.4. The molecule has 0 atom stereocenters. The van der Waals surface area contributed by atoms with E-state index in [0.29, 0.717) is 36.0 Å². The molecule has 0 heterocycles. The Labute approximate surface area is 149 Å². The van der Waals surface area contributed by atoms with Gasteiger partial charge in [-0.1, -0.05) is 18.2 Å². The SMILES string of the molecule is N#Cc1cccc(-c2ccc(NC(=O)C3=C(C(=O)O)CCC3)c(F)c2)c1. The van der Waals surface area contributed by atoms with Crippen LogP contribution in [0.5, 0.6) is 0 Å². The number of hydrogen-bond donors (Lipinski definition) is 2. The summed E-state index contributed by atoms with van der Waals surface area (Å²) in [6.07, 6.45) is 1.31. The molecule has 2 N–H and O–H groups in total. The first-order valence-corrected chi connectivity index (χ1v) is 8.06. The number of carboxylic acid groups (broad SMARTS) is 1. The molecule has 3 rings (SSSR count). The van der Waals surface area contributed by atoms with Gasteiger partial charge < -0.3 is 10.4 Å². The highest BCUT2D eigenvalue weighted by atomic mass is 19.1. The fourth-order valence-corrected chi connectivity index (χ4v) is 2.99. The predicted molar refractivity (Wildman–Crippen MR) is 93.7 cm³/mol. The summed E-state index contributed by atoms with van der Waals surface area (Å²) in [6.45, 7) is 0. The Bertz CT molecular complexity index is 973. The highest BCUT2D eigenvalue weighted by Crippen LogP contribution is 2.29. The Morgan fingerprint density at radius 3 is 2.50 bits per heavy atom. The summed E-state index contributed by atoms with van der Waals surface area (Å²) >= 11 is 0. The molecule has 1 amide bonds. The van der Waals surface area contributed by atoms with E-state index in [-0.39, 0.29) is 16.8 Å². The maximum Gasteiger partial charge on any atom is 0.332 e. The third kappa shape index (κ3) is 3.47. The monoisotopic (exact) mass is 350 g/mol. The van der Waals surface area contributed by atoms with Crippen LogP contribution in [-0.2, 0) is 9.59 Å². The third-order valence-corrected chi connectivity index (χ3v) is 4.29. The van der Waals surface area contributed by atoms with E-state index in [1.165, 1.54) is 12.1 Å². The van der Waals surface area contributed by atoms with Crippen molar-refractivity contribution in [3.8, 4) is 17.2 Å². The van der Waals surface area contributed by atoms with Gasteiger partial charge in [0.15, 0.2) is 0 Å². The second kappa shape index (κ2) is 7.19. The molecule has 0 aliphatic heterocycles. The van der Waals surface area contributed by atoms with Crippen LogP contribution >= 0.6 is 0 Å². The quantitative estimate of drug-likeness (QED) is 0.876. The van der Waals surface area contributed by atoms with E-state index >= 15 is 0 Å². The third-order valence-electron chi connectivity index (χ3n) is 4.29. The maximum absolute atomic E-state index is 14.4. The van der Waals surface area contributed by atoms with Crippen LogP contribution in [-0.4, -0.2) is 17.0 Å². The molecule has 0 aromatic heterocycles. The van der Waals surface area contributed by atoms with Crippen LogP contribution < -0.4 is 5.32 Å².